The molecule has 1 atom stereocenters. The molecule has 70 valence electrons. The van der Waals surface area contributed by atoms with Gasteiger partial charge in [-0.25, -0.2) is 0 Å². The molecule has 0 aromatic carbocycles. The number of hydrogen-bond acceptors (Lipinski definition) is 3. The van der Waals surface area contributed by atoms with Crippen molar-refractivity contribution in [1.29, 1.82) is 0 Å². The Kier molecular flexibility index (Phi) is 5.84. The molecule has 1 amide bonds. The summed E-state index contributed by atoms with van der Waals surface area (Å²) in [4.78, 5) is 12.8. The van der Waals surface area contributed by atoms with Crippen LogP contribution in [0.3, 0.4) is 0 Å². The molecule has 0 aromatic rings. The van der Waals surface area contributed by atoms with E-state index in [9.17, 15) is 4.79 Å². The van der Waals surface area contributed by atoms with E-state index in [1.807, 2.05) is 0 Å². The molecule has 0 radical (unpaired) electrons. The molecule has 0 rings (SSSR count). The van der Waals surface area contributed by atoms with Gasteiger partial charge in [0, 0.05) is 13.1 Å². The lowest BCUT2D eigenvalue weighted by Crippen LogP contribution is -2.37. The molecule has 0 saturated carbocycles. The molecule has 0 spiro atoms. The van der Waals surface area contributed by atoms with Crippen LogP contribution in [0.2, 0.25) is 0 Å². The summed E-state index contributed by atoms with van der Waals surface area (Å²) >= 11 is 4.01. The molecule has 0 aliphatic heterocycles. The minimum absolute atomic E-state index is 0.0277. The Hall–Kier alpha value is -0.480. The van der Waals surface area contributed by atoms with Crippen LogP contribution in [0.25, 0.3) is 0 Å². The Bertz CT molecular complexity index is 159. The summed E-state index contributed by atoms with van der Waals surface area (Å²) in [5.41, 5.74) is 0. The van der Waals surface area contributed by atoms with Crippen LogP contribution < -0.4 is 0 Å². The molecule has 0 heterocycles. The SMILES string of the molecule is C=CCN(CCO)C(=O)C(C)S. The number of rotatable bonds is 5. The number of amides is 1. The summed E-state index contributed by atoms with van der Waals surface area (Å²) in [6.45, 7) is 6.01. The molecule has 1 N–H and O–H groups in total. The summed E-state index contributed by atoms with van der Waals surface area (Å²) in [6.07, 6.45) is 1.63. The lowest BCUT2D eigenvalue weighted by atomic mass is 10.3. The predicted molar refractivity (Wildman–Crippen MR) is 52.3 cm³/mol. The fraction of sp³-hybridized carbons (Fsp3) is 0.625. The fourth-order valence-corrected chi connectivity index (χ4v) is 0.996. The Morgan fingerprint density at radius 3 is 2.75 bits per heavy atom. The van der Waals surface area contributed by atoms with Gasteiger partial charge in [-0.05, 0) is 6.92 Å². The number of nitrogens with zero attached hydrogens (tertiary/aromatic N) is 1. The number of hydrogen-bond donors (Lipinski definition) is 2. The Labute approximate surface area is 78.5 Å². The first kappa shape index (κ1) is 11.5. The molecule has 12 heavy (non-hydrogen) atoms. The summed E-state index contributed by atoms with van der Waals surface area (Å²) in [5, 5.41) is 8.32. The van der Waals surface area contributed by atoms with Gasteiger partial charge >= 0.3 is 0 Å². The Balaban J connectivity index is 4.08. The normalized spacial score (nSPS) is 12.2. The number of aliphatic hydroxyl groups excluding tert-OH is 1. The first-order chi connectivity index (χ1) is 5.63. The van der Waals surface area contributed by atoms with Gasteiger partial charge in [-0.15, -0.1) is 6.58 Å². The monoisotopic (exact) mass is 189 g/mol. The zero-order valence-corrected chi connectivity index (χ0v) is 8.13. The van der Waals surface area contributed by atoms with Crippen molar-refractivity contribution in [2.45, 2.75) is 12.2 Å². The molecular formula is C8H15NO2S. The first-order valence-corrected chi connectivity index (χ1v) is 4.33. The topological polar surface area (TPSA) is 40.5 Å². The van der Waals surface area contributed by atoms with Crippen molar-refractivity contribution in [2.24, 2.45) is 0 Å². The van der Waals surface area contributed by atoms with E-state index in [0.717, 1.165) is 0 Å². The third-order valence-corrected chi connectivity index (χ3v) is 1.61. The van der Waals surface area contributed by atoms with Crippen LogP contribution in [-0.4, -0.2) is 40.9 Å². The van der Waals surface area contributed by atoms with Gasteiger partial charge in [0.05, 0.1) is 11.9 Å². The lowest BCUT2D eigenvalue weighted by Gasteiger charge is -2.21. The number of carbonyl (C=O) groups is 1. The van der Waals surface area contributed by atoms with Crippen LogP contribution in [-0.2, 0) is 4.79 Å². The van der Waals surface area contributed by atoms with Crippen LogP contribution in [0.15, 0.2) is 12.7 Å². The van der Waals surface area contributed by atoms with Crippen LogP contribution in [0.4, 0.5) is 0 Å². The minimum atomic E-state index is -0.323. The van der Waals surface area contributed by atoms with Gasteiger partial charge in [-0.3, -0.25) is 4.79 Å². The summed E-state index contributed by atoms with van der Waals surface area (Å²) in [5.74, 6) is -0.0766. The largest absolute Gasteiger partial charge is 0.395 e. The second kappa shape index (κ2) is 6.08. The van der Waals surface area contributed by atoms with E-state index in [0.29, 0.717) is 13.1 Å². The summed E-state index contributed by atoms with van der Waals surface area (Å²) < 4.78 is 0. The van der Waals surface area contributed by atoms with Gasteiger partial charge < -0.3 is 10.0 Å². The summed E-state index contributed by atoms with van der Waals surface area (Å²) in [6, 6.07) is 0. The molecule has 0 aliphatic rings. The van der Waals surface area contributed by atoms with Gasteiger partial charge in [-0.1, -0.05) is 6.08 Å². The maximum atomic E-state index is 11.3. The quantitative estimate of drug-likeness (QED) is 0.483. The highest BCUT2D eigenvalue weighted by Crippen LogP contribution is 2.00. The van der Waals surface area contributed by atoms with E-state index < -0.39 is 0 Å². The molecule has 0 aliphatic carbocycles. The van der Waals surface area contributed by atoms with Crippen LogP contribution >= 0.6 is 12.6 Å². The molecule has 3 nitrogen and oxygen atoms in total. The van der Waals surface area contributed by atoms with Gasteiger partial charge in [0.15, 0.2) is 0 Å². The molecule has 1 unspecified atom stereocenters. The van der Waals surface area contributed by atoms with E-state index in [-0.39, 0.29) is 17.8 Å². The van der Waals surface area contributed by atoms with E-state index in [2.05, 4.69) is 19.2 Å². The van der Waals surface area contributed by atoms with Gasteiger partial charge in [-0.2, -0.15) is 12.6 Å². The van der Waals surface area contributed by atoms with Crippen molar-refractivity contribution in [3.63, 3.8) is 0 Å². The van der Waals surface area contributed by atoms with E-state index in [1.165, 1.54) is 4.90 Å². The van der Waals surface area contributed by atoms with Crippen LogP contribution in [0.1, 0.15) is 6.92 Å². The van der Waals surface area contributed by atoms with E-state index in [1.54, 1.807) is 13.0 Å². The molecule has 0 bridgehead atoms. The molecule has 0 fully saturated rings. The van der Waals surface area contributed by atoms with Crippen molar-refractivity contribution in [1.82, 2.24) is 4.90 Å². The maximum absolute atomic E-state index is 11.3. The van der Waals surface area contributed by atoms with Crippen molar-refractivity contribution >= 4 is 18.5 Å². The van der Waals surface area contributed by atoms with Crippen molar-refractivity contribution < 1.29 is 9.90 Å². The highest BCUT2D eigenvalue weighted by molar-refractivity contribution is 7.81. The second-order valence-corrected chi connectivity index (χ2v) is 3.25. The molecular weight excluding hydrogens is 174 g/mol. The highest BCUT2D eigenvalue weighted by atomic mass is 32.1. The number of carbonyl (C=O) groups excluding carboxylic acids is 1. The average Bonchev–Trinajstić information content (AvgIpc) is 2.03. The third kappa shape index (κ3) is 3.78. The Morgan fingerprint density at radius 2 is 2.42 bits per heavy atom. The Morgan fingerprint density at radius 1 is 1.83 bits per heavy atom. The van der Waals surface area contributed by atoms with Crippen molar-refractivity contribution in [3.8, 4) is 0 Å². The summed E-state index contributed by atoms with van der Waals surface area (Å²) in [7, 11) is 0. The fourth-order valence-electron chi connectivity index (χ4n) is 0.832. The van der Waals surface area contributed by atoms with Gasteiger partial charge in [0.2, 0.25) is 5.91 Å². The maximum Gasteiger partial charge on any atom is 0.235 e. The third-order valence-electron chi connectivity index (χ3n) is 1.39. The lowest BCUT2D eigenvalue weighted by molar-refractivity contribution is -0.130. The van der Waals surface area contributed by atoms with Crippen LogP contribution in [0.5, 0.6) is 0 Å². The van der Waals surface area contributed by atoms with Crippen molar-refractivity contribution in [2.75, 3.05) is 19.7 Å². The molecule has 0 aromatic heterocycles. The second-order valence-electron chi connectivity index (χ2n) is 2.47. The van der Waals surface area contributed by atoms with Crippen LogP contribution in [0, 0.1) is 0 Å². The molecule has 4 heteroatoms. The van der Waals surface area contributed by atoms with Gasteiger partial charge in [0.25, 0.3) is 0 Å². The smallest absolute Gasteiger partial charge is 0.235 e. The zero-order chi connectivity index (χ0) is 9.56. The first-order valence-electron chi connectivity index (χ1n) is 3.82. The predicted octanol–water partition coefficient (Wildman–Crippen LogP) is 0.312. The van der Waals surface area contributed by atoms with E-state index in [4.69, 9.17) is 5.11 Å². The standard InChI is InChI=1S/C8H15NO2S/c1-3-4-9(5-6-10)8(11)7(2)12/h3,7,10,12H,1,4-6H2,2H3. The highest BCUT2D eigenvalue weighted by Gasteiger charge is 2.15. The molecule has 0 saturated heterocycles. The average molecular weight is 189 g/mol. The van der Waals surface area contributed by atoms with Gasteiger partial charge in [0.1, 0.15) is 0 Å². The zero-order valence-electron chi connectivity index (χ0n) is 7.23. The minimum Gasteiger partial charge on any atom is -0.395 e. The van der Waals surface area contributed by atoms with Crippen molar-refractivity contribution in [3.05, 3.63) is 12.7 Å². The van der Waals surface area contributed by atoms with E-state index >= 15 is 0 Å². The number of aliphatic hydroxyl groups is 1. The number of thiol groups is 1.